The monoisotopic (exact) mass is 402 g/mol. The van der Waals surface area contributed by atoms with Crippen molar-refractivity contribution in [2.75, 3.05) is 23.3 Å². The summed E-state index contributed by atoms with van der Waals surface area (Å²) in [6.45, 7) is 2.24. The zero-order chi connectivity index (χ0) is 19.6. The van der Waals surface area contributed by atoms with Crippen LogP contribution in [0.3, 0.4) is 0 Å². The van der Waals surface area contributed by atoms with Crippen LogP contribution in [-0.2, 0) is 6.42 Å². The number of aromatic nitrogens is 1. The van der Waals surface area contributed by atoms with Gasteiger partial charge in [-0.25, -0.2) is 4.98 Å². The van der Waals surface area contributed by atoms with Gasteiger partial charge in [-0.3, -0.25) is 15.1 Å². The lowest BCUT2D eigenvalue weighted by Crippen LogP contribution is -2.29. The highest BCUT2D eigenvalue weighted by Crippen LogP contribution is 2.34. The first kappa shape index (κ1) is 18.1. The Kier molecular flexibility index (Phi) is 4.86. The Morgan fingerprint density at radius 1 is 1.07 bits per heavy atom. The predicted molar refractivity (Wildman–Crippen MR) is 119 cm³/mol. The quantitative estimate of drug-likeness (QED) is 0.663. The van der Waals surface area contributed by atoms with E-state index in [0.29, 0.717) is 10.7 Å². The summed E-state index contributed by atoms with van der Waals surface area (Å²) in [6, 6.07) is 14.5. The molecule has 2 aromatic carbocycles. The number of hydrogen-bond donors (Lipinski definition) is 1. The minimum absolute atomic E-state index is 0.163. The molecule has 0 spiro atoms. The van der Waals surface area contributed by atoms with E-state index in [1.54, 1.807) is 6.20 Å². The summed E-state index contributed by atoms with van der Waals surface area (Å²) in [7, 11) is 0. The Bertz CT molecular complexity index is 1070. The van der Waals surface area contributed by atoms with E-state index in [0.717, 1.165) is 42.0 Å². The van der Waals surface area contributed by atoms with Gasteiger partial charge in [0.2, 0.25) is 0 Å². The second-order valence-electron chi connectivity index (χ2n) is 7.44. The van der Waals surface area contributed by atoms with Crippen LogP contribution in [0.2, 0.25) is 0 Å². The van der Waals surface area contributed by atoms with Crippen molar-refractivity contribution in [2.45, 2.75) is 25.7 Å². The number of amides is 1. The minimum Gasteiger partial charge on any atom is -0.372 e. The van der Waals surface area contributed by atoms with Crippen molar-refractivity contribution in [2.24, 2.45) is 4.99 Å². The molecular weight excluding hydrogens is 380 g/mol. The van der Waals surface area contributed by atoms with Gasteiger partial charge in [-0.1, -0.05) is 24.3 Å². The van der Waals surface area contributed by atoms with Crippen molar-refractivity contribution in [3.05, 3.63) is 70.7 Å². The lowest BCUT2D eigenvalue weighted by atomic mass is 10.0. The third-order valence-electron chi connectivity index (χ3n) is 5.52. The van der Waals surface area contributed by atoms with Crippen molar-refractivity contribution in [3.8, 4) is 0 Å². The number of aliphatic imine (C=N–C) groups is 1. The van der Waals surface area contributed by atoms with Crippen LogP contribution in [0, 0.1) is 0 Å². The molecule has 0 unspecified atom stereocenters. The Balaban J connectivity index is 1.43. The van der Waals surface area contributed by atoms with Crippen LogP contribution in [0.15, 0.2) is 59.0 Å². The van der Waals surface area contributed by atoms with E-state index >= 15 is 0 Å². The number of thiazole rings is 1. The van der Waals surface area contributed by atoms with Crippen LogP contribution in [0.4, 0.5) is 16.5 Å². The standard InChI is InChI=1S/C23H22N4OS/c28-22(26-23-24-10-13-29-23)19-9-5-7-17-15-20(25-21(17)19)16-6-4-8-18(14-16)27-11-2-1-3-12-27/h4-10,13-14H,1-3,11-12,15H2,(H,24,26,28). The molecular formula is C23H22N4OS. The molecule has 5 nitrogen and oxygen atoms in total. The summed E-state index contributed by atoms with van der Waals surface area (Å²) in [4.78, 5) is 24.2. The lowest BCUT2D eigenvalue weighted by Gasteiger charge is -2.29. The van der Waals surface area contributed by atoms with E-state index in [-0.39, 0.29) is 5.91 Å². The average Bonchev–Trinajstić information content (AvgIpc) is 3.44. The normalized spacial score (nSPS) is 15.7. The van der Waals surface area contributed by atoms with Crippen molar-refractivity contribution in [1.29, 1.82) is 0 Å². The van der Waals surface area contributed by atoms with E-state index in [2.05, 4.69) is 45.5 Å². The van der Waals surface area contributed by atoms with Gasteiger partial charge in [-0.05, 0) is 48.6 Å². The fourth-order valence-electron chi connectivity index (χ4n) is 4.05. The molecule has 0 bridgehead atoms. The Hall–Kier alpha value is -2.99. The van der Waals surface area contributed by atoms with Crippen LogP contribution >= 0.6 is 11.3 Å². The fourth-order valence-corrected chi connectivity index (χ4v) is 4.58. The summed E-state index contributed by atoms with van der Waals surface area (Å²) in [6.07, 6.45) is 6.27. The number of carbonyl (C=O) groups is 1. The molecule has 2 aliphatic rings. The molecule has 3 heterocycles. The number of nitrogens with one attached hydrogen (secondary N) is 1. The maximum Gasteiger partial charge on any atom is 0.259 e. The number of hydrogen-bond acceptors (Lipinski definition) is 5. The van der Waals surface area contributed by atoms with Gasteiger partial charge >= 0.3 is 0 Å². The number of para-hydroxylation sites is 1. The van der Waals surface area contributed by atoms with E-state index in [1.807, 2.05) is 17.5 Å². The van der Waals surface area contributed by atoms with Gasteiger partial charge < -0.3 is 4.90 Å². The van der Waals surface area contributed by atoms with Gasteiger partial charge in [-0.2, -0.15) is 0 Å². The minimum atomic E-state index is -0.163. The molecule has 29 heavy (non-hydrogen) atoms. The Labute approximate surface area is 174 Å². The SMILES string of the molecule is O=C(Nc1nccs1)c1cccc2c1N=C(c1cccc(N3CCCCC3)c1)C2. The average molecular weight is 403 g/mol. The maximum atomic E-state index is 12.8. The zero-order valence-electron chi connectivity index (χ0n) is 16.1. The van der Waals surface area contributed by atoms with Crippen LogP contribution in [-0.4, -0.2) is 29.7 Å². The first-order valence-corrected chi connectivity index (χ1v) is 10.9. The number of carbonyl (C=O) groups excluding carboxylic acids is 1. The zero-order valence-corrected chi connectivity index (χ0v) is 16.9. The summed E-state index contributed by atoms with van der Waals surface area (Å²) < 4.78 is 0. The third-order valence-corrected chi connectivity index (χ3v) is 6.21. The third kappa shape index (κ3) is 3.68. The number of piperidine rings is 1. The predicted octanol–water partition coefficient (Wildman–Crippen LogP) is 5.06. The number of anilines is 2. The number of fused-ring (bicyclic) bond motifs is 1. The largest absolute Gasteiger partial charge is 0.372 e. The van der Waals surface area contributed by atoms with E-state index < -0.39 is 0 Å². The molecule has 1 aromatic heterocycles. The fraction of sp³-hybridized carbons (Fsp3) is 0.261. The van der Waals surface area contributed by atoms with Crippen LogP contribution in [0.1, 0.15) is 40.7 Å². The molecule has 6 heteroatoms. The number of nitrogens with zero attached hydrogens (tertiary/aromatic N) is 3. The summed E-state index contributed by atoms with van der Waals surface area (Å²) in [5.41, 5.74) is 5.89. The van der Waals surface area contributed by atoms with Crippen molar-refractivity contribution < 1.29 is 4.79 Å². The number of rotatable bonds is 4. The van der Waals surface area contributed by atoms with Gasteiger partial charge in [0.1, 0.15) is 0 Å². The highest BCUT2D eigenvalue weighted by molar-refractivity contribution is 7.13. The molecule has 2 aliphatic heterocycles. The second-order valence-corrected chi connectivity index (χ2v) is 8.33. The molecule has 146 valence electrons. The molecule has 1 fully saturated rings. The molecule has 1 N–H and O–H groups in total. The van der Waals surface area contributed by atoms with Crippen molar-refractivity contribution in [3.63, 3.8) is 0 Å². The second kappa shape index (κ2) is 7.79. The maximum absolute atomic E-state index is 12.8. The van der Waals surface area contributed by atoms with Gasteiger partial charge in [0, 0.05) is 36.8 Å². The van der Waals surface area contributed by atoms with Crippen LogP contribution < -0.4 is 10.2 Å². The molecule has 1 amide bonds. The molecule has 0 saturated carbocycles. The molecule has 0 radical (unpaired) electrons. The number of benzene rings is 2. The van der Waals surface area contributed by atoms with Crippen LogP contribution in [0.5, 0.6) is 0 Å². The summed E-state index contributed by atoms with van der Waals surface area (Å²) in [5, 5.41) is 5.31. The van der Waals surface area contributed by atoms with Gasteiger partial charge in [-0.15, -0.1) is 11.3 Å². The van der Waals surface area contributed by atoms with E-state index in [1.165, 1.54) is 36.3 Å². The first-order valence-electron chi connectivity index (χ1n) is 10.0. The highest BCUT2D eigenvalue weighted by atomic mass is 32.1. The molecule has 0 atom stereocenters. The van der Waals surface area contributed by atoms with E-state index in [9.17, 15) is 4.79 Å². The summed E-state index contributed by atoms with van der Waals surface area (Å²) >= 11 is 1.41. The Morgan fingerprint density at radius 3 is 2.76 bits per heavy atom. The highest BCUT2D eigenvalue weighted by Gasteiger charge is 2.23. The molecule has 5 rings (SSSR count). The van der Waals surface area contributed by atoms with Gasteiger partial charge in [0.25, 0.3) is 5.91 Å². The van der Waals surface area contributed by atoms with E-state index in [4.69, 9.17) is 4.99 Å². The molecule has 1 saturated heterocycles. The smallest absolute Gasteiger partial charge is 0.259 e. The molecule has 0 aliphatic carbocycles. The van der Waals surface area contributed by atoms with Crippen LogP contribution in [0.25, 0.3) is 0 Å². The molecule has 3 aromatic rings. The lowest BCUT2D eigenvalue weighted by molar-refractivity contribution is 0.102. The van der Waals surface area contributed by atoms with Crippen molar-refractivity contribution >= 4 is 39.5 Å². The first-order chi connectivity index (χ1) is 14.3. The van der Waals surface area contributed by atoms with Gasteiger partial charge in [0.15, 0.2) is 5.13 Å². The summed E-state index contributed by atoms with van der Waals surface area (Å²) in [5.74, 6) is -0.163. The Morgan fingerprint density at radius 2 is 1.93 bits per heavy atom. The van der Waals surface area contributed by atoms with Crippen molar-refractivity contribution in [1.82, 2.24) is 4.98 Å². The van der Waals surface area contributed by atoms with Gasteiger partial charge in [0.05, 0.1) is 17.0 Å². The topological polar surface area (TPSA) is 57.6 Å².